The molecule has 2 aromatic carbocycles. The zero-order valence-corrected chi connectivity index (χ0v) is 20.6. The van der Waals surface area contributed by atoms with Gasteiger partial charge in [-0.1, -0.05) is 134 Å². The Morgan fingerprint density at radius 1 is 0.774 bits per heavy atom. The van der Waals surface area contributed by atoms with Crippen LogP contribution in [0.2, 0.25) is 0 Å². The van der Waals surface area contributed by atoms with Crippen molar-refractivity contribution in [2.24, 2.45) is 11.8 Å². The average molecular weight is 417 g/mol. The minimum Gasteiger partial charge on any atom is -0.0985 e. The van der Waals surface area contributed by atoms with Gasteiger partial charge in [0.1, 0.15) is 0 Å². The van der Waals surface area contributed by atoms with Gasteiger partial charge in [0.15, 0.2) is 0 Å². The summed E-state index contributed by atoms with van der Waals surface area (Å²) in [6.45, 7) is 13.6. The summed E-state index contributed by atoms with van der Waals surface area (Å²) in [5.74, 6) is 1.57. The van der Waals surface area contributed by atoms with Crippen molar-refractivity contribution in [3.05, 3.63) is 65.7 Å². The lowest BCUT2D eigenvalue weighted by atomic mass is 9.65. The van der Waals surface area contributed by atoms with Gasteiger partial charge < -0.3 is 0 Å². The molecule has 0 heteroatoms. The molecule has 0 saturated carbocycles. The van der Waals surface area contributed by atoms with Crippen LogP contribution in [0.5, 0.6) is 0 Å². The zero-order chi connectivity index (χ0) is 22.3. The van der Waals surface area contributed by atoms with Crippen LogP contribution in [0.1, 0.15) is 109 Å². The normalized spacial score (nSPS) is 19.0. The molecule has 31 heavy (non-hydrogen) atoms. The van der Waals surface area contributed by atoms with Gasteiger partial charge in [-0.3, -0.25) is 0 Å². The smallest absolute Gasteiger partial charge is 0.0220 e. The molecule has 0 nitrogen and oxygen atoms in total. The molecule has 0 aliphatic heterocycles. The highest BCUT2D eigenvalue weighted by molar-refractivity contribution is 5.82. The predicted octanol–water partition coefficient (Wildman–Crippen LogP) is 9.81. The minimum atomic E-state index is 0.147. The summed E-state index contributed by atoms with van der Waals surface area (Å²) < 4.78 is 0. The third-order valence-corrected chi connectivity index (χ3v) is 7.89. The molecule has 0 aromatic heterocycles. The second-order valence-electron chi connectivity index (χ2n) is 9.88. The van der Waals surface area contributed by atoms with Gasteiger partial charge in [-0.15, -0.1) is 0 Å². The molecule has 0 N–H and O–H groups in total. The fourth-order valence-corrected chi connectivity index (χ4v) is 6.00. The van der Waals surface area contributed by atoms with Gasteiger partial charge in [-0.25, -0.2) is 0 Å². The average Bonchev–Trinajstić information content (AvgIpc) is 3.08. The fourth-order valence-electron chi connectivity index (χ4n) is 6.00. The predicted molar refractivity (Wildman–Crippen MR) is 139 cm³/mol. The molecule has 0 amide bonds. The van der Waals surface area contributed by atoms with E-state index in [1.807, 2.05) is 6.08 Å². The standard InChI is InChI=1S/C31H44/c1-6-11-15-25(9-4)22-31(23-26(10-5)16-12-7-2)29-18-14-13-17-27(29)28-20-19-24(8-3)21-30(28)31/h8,13-14,17-21,25-26H,3,6-7,9-12,15-16,22-23H2,1-2,4-5H3. The van der Waals surface area contributed by atoms with Gasteiger partial charge >= 0.3 is 0 Å². The first-order valence-corrected chi connectivity index (χ1v) is 13.0. The van der Waals surface area contributed by atoms with E-state index < -0.39 is 0 Å². The summed E-state index contributed by atoms with van der Waals surface area (Å²) in [6, 6.07) is 16.4. The first-order valence-electron chi connectivity index (χ1n) is 13.0. The molecule has 1 aliphatic rings. The molecule has 0 saturated heterocycles. The van der Waals surface area contributed by atoms with Crippen LogP contribution in [0.25, 0.3) is 17.2 Å². The van der Waals surface area contributed by atoms with E-state index in [2.05, 4.69) is 76.7 Å². The van der Waals surface area contributed by atoms with Gasteiger partial charge in [0.05, 0.1) is 0 Å². The van der Waals surface area contributed by atoms with E-state index in [1.54, 1.807) is 11.1 Å². The van der Waals surface area contributed by atoms with Gasteiger partial charge in [0.2, 0.25) is 0 Å². The zero-order valence-electron chi connectivity index (χ0n) is 20.6. The largest absolute Gasteiger partial charge is 0.0985 e. The Morgan fingerprint density at radius 2 is 1.35 bits per heavy atom. The van der Waals surface area contributed by atoms with Gasteiger partial charge in [0.25, 0.3) is 0 Å². The lowest BCUT2D eigenvalue weighted by molar-refractivity contribution is 0.266. The molecule has 2 atom stereocenters. The summed E-state index contributed by atoms with van der Waals surface area (Å²) >= 11 is 0. The van der Waals surface area contributed by atoms with Crippen LogP contribution in [0.3, 0.4) is 0 Å². The monoisotopic (exact) mass is 416 g/mol. The summed E-state index contributed by atoms with van der Waals surface area (Å²) in [5, 5.41) is 0. The highest BCUT2D eigenvalue weighted by Crippen LogP contribution is 2.56. The quantitative estimate of drug-likeness (QED) is 0.305. The third-order valence-electron chi connectivity index (χ3n) is 7.89. The van der Waals surface area contributed by atoms with Gasteiger partial charge in [0, 0.05) is 5.41 Å². The summed E-state index contributed by atoms with van der Waals surface area (Å²) in [7, 11) is 0. The van der Waals surface area contributed by atoms with Crippen LogP contribution in [-0.4, -0.2) is 0 Å². The first kappa shape index (κ1) is 23.8. The Hall–Kier alpha value is -1.82. The Morgan fingerprint density at radius 3 is 1.90 bits per heavy atom. The van der Waals surface area contributed by atoms with Gasteiger partial charge in [-0.2, -0.15) is 0 Å². The number of benzene rings is 2. The third kappa shape index (κ3) is 5.00. The van der Waals surface area contributed by atoms with Crippen molar-refractivity contribution in [2.45, 2.75) is 97.3 Å². The second kappa shape index (κ2) is 11.2. The molecule has 0 radical (unpaired) electrons. The molecular weight excluding hydrogens is 372 g/mol. The van der Waals surface area contributed by atoms with Crippen molar-refractivity contribution >= 4 is 6.08 Å². The lowest BCUT2D eigenvalue weighted by Gasteiger charge is -2.38. The minimum absolute atomic E-state index is 0.147. The Kier molecular flexibility index (Phi) is 8.58. The maximum absolute atomic E-state index is 4.09. The molecule has 0 heterocycles. The van der Waals surface area contributed by atoms with Crippen LogP contribution in [0.15, 0.2) is 49.0 Å². The molecule has 0 fully saturated rings. The van der Waals surface area contributed by atoms with Crippen molar-refractivity contribution < 1.29 is 0 Å². The maximum atomic E-state index is 4.09. The van der Waals surface area contributed by atoms with Crippen molar-refractivity contribution in [1.82, 2.24) is 0 Å². The van der Waals surface area contributed by atoms with Crippen LogP contribution < -0.4 is 0 Å². The van der Waals surface area contributed by atoms with Crippen molar-refractivity contribution in [1.29, 1.82) is 0 Å². The van der Waals surface area contributed by atoms with E-state index in [0.29, 0.717) is 0 Å². The highest BCUT2D eigenvalue weighted by atomic mass is 14.5. The molecule has 3 rings (SSSR count). The van der Waals surface area contributed by atoms with Crippen molar-refractivity contribution in [3.8, 4) is 11.1 Å². The Balaban J connectivity index is 2.15. The SMILES string of the molecule is C=Cc1ccc2c(c1)C(CC(CC)CCCC)(CC(CC)CCCC)c1ccccc1-2. The highest BCUT2D eigenvalue weighted by Gasteiger charge is 2.45. The van der Waals surface area contributed by atoms with E-state index >= 15 is 0 Å². The number of unbranched alkanes of at least 4 members (excludes halogenated alkanes) is 2. The van der Waals surface area contributed by atoms with Crippen molar-refractivity contribution in [2.75, 3.05) is 0 Å². The van der Waals surface area contributed by atoms with E-state index in [4.69, 9.17) is 0 Å². The summed E-state index contributed by atoms with van der Waals surface area (Å²) in [6.07, 6.45) is 15.2. The number of rotatable bonds is 13. The second-order valence-corrected chi connectivity index (χ2v) is 9.88. The number of hydrogen-bond donors (Lipinski definition) is 0. The first-order chi connectivity index (χ1) is 15.1. The van der Waals surface area contributed by atoms with Crippen LogP contribution in [0, 0.1) is 11.8 Å². The van der Waals surface area contributed by atoms with E-state index in [0.717, 1.165) is 11.8 Å². The van der Waals surface area contributed by atoms with Crippen LogP contribution in [0.4, 0.5) is 0 Å². The Labute approximate surface area is 192 Å². The summed E-state index contributed by atoms with van der Waals surface area (Å²) in [5.41, 5.74) is 7.53. The fraction of sp³-hybridized carbons (Fsp3) is 0.548. The number of hydrogen-bond acceptors (Lipinski definition) is 0. The molecule has 2 aromatic rings. The van der Waals surface area contributed by atoms with Crippen LogP contribution in [-0.2, 0) is 5.41 Å². The molecular formula is C31H44. The van der Waals surface area contributed by atoms with Gasteiger partial charge in [-0.05, 0) is 52.5 Å². The molecule has 2 unspecified atom stereocenters. The topological polar surface area (TPSA) is 0 Å². The van der Waals surface area contributed by atoms with E-state index in [1.165, 1.54) is 80.9 Å². The Bertz CT molecular complexity index is 825. The summed E-state index contributed by atoms with van der Waals surface area (Å²) in [4.78, 5) is 0. The maximum Gasteiger partial charge on any atom is 0.0220 e. The van der Waals surface area contributed by atoms with E-state index in [-0.39, 0.29) is 5.41 Å². The number of fused-ring (bicyclic) bond motifs is 3. The molecule has 168 valence electrons. The van der Waals surface area contributed by atoms with Crippen molar-refractivity contribution in [3.63, 3.8) is 0 Å². The lowest BCUT2D eigenvalue weighted by Crippen LogP contribution is -2.31. The van der Waals surface area contributed by atoms with Crippen LogP contribution >= 0.6 is 0 Å². The molecule has 1 aliphatic carbocycles. The van der Waals surface area contributed by atoms with E-state index in [9.17, 15) is 0 Å². The molecule has 0 spiro atoms. The molecule has 0 bridgehead atoms.